The molecule has 0 bridgehead atoms. The van der Waals surface area contributed by atoms with Gasteiger partial charge < -0.3 is 10.2 Å². The number of benzene rings is 4. The lowest BCUT2D eigenvalue weighted by molar-refractivity contribution is -0.138. The van der Waals surface area contributed by atoms with Gasteiger partial charge in [0.15, 0.2) is 29.5 Å². The van der Waals surface area contributed by atoms with Gasteiger partial charge in [0.05, 0.1) is 65.7 Å². The van der Waals surface area contributed by atoms with Crippen LogP contribution in [-0.2, 0) is 34.3 Å². The summed E-state index contributed by atoms with van der Waals surface area (Å²) in [5.74, 6) is 0.0305. The fraction of sp³-hybridized carbons (Fsp3) is 0.444. The topological polar surface area (TPSA) is 206 Å². The van der Waals surface area contributed by atoms with Crippen LogP contribution < -0.4 is 16.3 Å². The maximum atomic E-state index is 11.8. The highest BCUT2D eigenvalue weighted by Gasteiger charge is 2.32. The molecule has 344 valence electrons. The lowest BCUT2D eigenvalue weighted by atomic mass is 9.99. The second-order valence-corrected chi connectivity index (χ2v) is 23.0. The average molecular weight is 927 g/mol. The third-order valence-electron chi connectivity index (χ3n) is 11.2. The van der Waals surface area contributed by atoms with E-state index in [9.17, 15) is 35.2 Å². The zero-order valence-corrected chi connectivity index (χ0v) is 38.6. The summed E-state index contributed by atoms with van der Waals surface area (Å²) >= 11 is 0. The molecule has 0 radical (unpaired) electrons. The molecule has 5 atom stereocenters. The normalized spacial score (nSPS) is 23.2. The number of carboxylic acids is 1. The largest absolute Gasteiger partial charge is 0.481 e. The summed E-state index contributed by atoms with van der Waals surface area (Å²) in [7, 11) is -8.81. The molecule has 18 heteroatoms. The minimum atomic E-state index is -2.99. The van der Waals surface area contributed by atoms with E-state index >= 15 is 0 Å². The molecular formula is C45H62N6O9S3. The van der Waals surface area contributed by atoms with E-state index in [4.69, 9.17) is 5.11 Å². The number of carbonyl (C=O) groups is 1. The Morgan fingerprint density at radius 2 is 0.825 bits per heavy atom. The maximum absolute atomic E-state index is 11.8. The minimum Gasteiger partial charge on any atom is -0.481 e. The minimum absolute atomic E-state index is 0.0145. The molecule has 3 heterocycles. The van der Waals surface area contributed by atoms with E-state index in [0.717, 1.165) is 11.1 Å². The van der Waals surface area contributed by atoms with Crippen LogP contribution in [0.15, 0.2) is 121 Å². The van der Waals surface area contributed by atoms with Gasteiger partial charge in [-0.25, -0.2) is 56.6 Å². The van der Waals surface area contributed by atoms with Crippen LogP contribution >= 0.6 is 0 Å². The Kier molecular flexibility index (Phi) is 18.4. The maximum Gasteiger partial charge on any atom is 0.305 e. The summed E-state index contributed by atoms with van der Waals surface area (Å²) in [4.78, 5) is 11.1. The predicted molar refractivity (Wildman–Crippen MR) is 246 cm³/mol. The standard InChI is InChI=1S/C18H22N2O2S.C14H20N2O4S.C13H20N2O3S/c1-15-14-23(21,22)13-12-20(15)19-18(16-8-4-2-5-9-16)17-10-6-3-7-11-17;1-11-10-21(19,20)8-7-16(11)15-13(9-14(17)18)12-5-3-2-4-6-12;1-11-10-19(17,18)8-7-15(11)14-13(9-16)12-5-3-2-4-6-12/h2-11,15,18-19H,12-14H2,1H3;2-6,11,13,15H,7-10H2,1H3,(H,17,18);2-6,11,13-14,16H,7-10H2,1H3. The summed E-state index contributed by atoms with van der Waals surface area (Å²) < 4.78 is 69.8. The van der Waals surface area contributed by atoms with Gasteiger partial charge in [0.1, 0.15) is 0 Å². The summed E-state index contributed by atoms with van der Waals surface area (Å²) in [5.41, 5.74) is 14.2. The zero-order valence-electron chi connectivity index (χ0n) is 36.1. The van der Waals surface area contributed by atoms with Crippen molar-refractivity contribution < 1.29 is 40.3 Å². The molecule has 3 aliphatic rings. The summed E-state index contributed by atoms with van der Waals surface area (Å²) in [6.45, 7) is 6.96. The number of aliphatic hydroxyl groups is 1. The number of nitrogens with zero attached hydrogens (tertiary/aromatic N) is 3. The van der Waals surface area contributed by atoms with Gasteiger partial charge in [0.25, 0.3) is 0 Å². The Morgan fingerprint density at radius 1 is 0.524 bits per heavy atom. The molecule has 4 aromatic carbocycles. The summed E-state index contributed by atoms with van der Waals surface area (Å²) in [5, 5.41) is 24.4. The fourth-order valence-corrected chi connectivity index (χ4v) is 12.4. The van der Waals surface area contributed by atoms with Crippen molar-refractivity contribution in [3.8, 4) is 0 Å². The van der Waals surface area contributed by atoms with Crippen LogP contribution in [0.3, 0.4) is 0 Å². The van der Waals surface area contributed by atoms with Crippen LogP contribution in [0, 0.1) is 0 Å². The number of rotatable bonds is 13. The van der Waals surface area contributed by atoms with Crippen LogP contribution in [0.5, 0.6) is 0 Å². The molecule has 3 fully saturated rings. The zero-order chi connectivity index (χ0) is 45.6. The third-order valence-corrected chi connectivity index (χ3v) is 16.6. The third kappa shape index (κ3) is 15.8. The van der Waals surface area contributed by atoms with Gasteiger partial charge in [-0.1, -0.05) is 121 Å². The molecule has 7 rings (SSSR count). The molecule has 0 aromatic heterocycles. The second kappa shape index (κ2) is 23.2. The van der Waals surface area contributed by atoms with Gasteiger partial charge >= 0.3 is 5.97 Å². The van der Waals surface area contributed by atoms with Gasteiger partial charge in [-0.05, 0) is 43.0 Å². The van der Waals surface area contributed by atoms with Crippen molar-refractivity contribution >= 4 is 35.5 Å². The van der Waals surface area contributed by atoms with Crippen molar-refractivity contribution in [2.24, 2.45) is 0 Å². The van der Waals surface area contributed by atoms with Crippen LogP contribution in [0.1, 0.15) is 67.6 Å². The summed E-state index contributed by atoms with van der Waals surface area (Å²) in [6.07, 6.45) is -0.0556. The average Bonchev–Trinajstić information content (AvgIpc) is 3.25. The van der Waals surface area contributed by atoms with E-state index in [2.05, 4.69) is 45.6 Å². The van der Waals surface area contributed by atoms with E-state index in [-0.39, 0.29) is 83.8 Å². The van der Waals surface area contributed by atoms with Crippen LogP contribution in [-0.4, -0.2) is 135 Å². The molecule has 3 saturated heterocycles. The van der Waals surface area contributed by atoms with Crippen LogP contribution in [0.25, 0.3) is 0 Å². The van der Waals surface area contributed by atoms with Gasteiger partial charge in [-0.3, -0.25) is 4.79 Å². The van der Waals surface area contributed by atoms with E-state index in [1.54, 1.807) is 0 Å². The number of hydrogen-bond donors (Lipinski definition) is 5. The van der Waals surface area contributed by atoms with Gasteiger partial charge in [-0.15, -0.1) is 0 Å². The van der Waals surface area contributed by atoms with E-state index in [0.29, 0.717) is 19.6 Å². The highest BCUT2D eigenvalue weighted by Crippen LogP contribution is 2.24. The van der Waals surface area contributed by atoms with Crippen molar-refractivity contribution in [3.05, 3.63) is 144 Å². The van der Waals surface area contributed by atoms with Gasteiger partial charge in [0, 0.05) is 37.8 Å². The SMILES string of the molecule is CC1CS(=O)(=O)CCN1NC(CC(=O)O)c1ccccc1.CC1CS(=O)(=O)CCN1NC(CO)c1ccccc1.CC1CS(=O)(=O)CCN1NC(c1ccccc1)c1ccccc1. The quantitative estimate of drug-likeness (QED) is 0.130. The Balaban J connectivity index is 0.000000179. The van der Waals surface area contributed by atoms with Crippen LogP contribution in [0.2, 0.25) is 0 Å². The first kappa shape index (κ1) is 49.9. The van der Waals surface area contributed by atoms with Crippen LogP contribution in [0.4, 0.5) is 0 Å². The van der Waals surface area contributed by atoms with Crippen molar-refractivity contribution in [2.45, 2.75) is 63.4 Å². The summed E-state index contributed by atoms with van der Waals surface area (Å²) in [6, 6.07) is 38.6. The Hall–Kier alpha value is -4.08. The fourth-order valence-electron chi connectivity index (χ4n) is 7.77. The molecule has 4 aromatic rings. The number of hydrazine groups is 3. The van der Waals surface area contributed by atoms with E-state index in [1.807, 2.05) is 128 Å². The first-order valence-corrected chi connectivity index (χ1v) is 26.6. The highest BCUT2D eigenvalue weighted by molar-refractivity contribution is 7.92. The lowest BCUT2D eigenvalue weighted by Crippen LogP contribution is -2.54. The van der Waals surface area contributed by atoms with Gasteiger partial charge in [0.2, 0.25) is 0 Å². The number of carboxylic acid groups (broad SMARTS) is 1. The van der Waals surface area contributed by atoms with Crippen molar-refractivity contribution in [1.29, 1.82) is 0 Å². The molecular weight excluding hydrogens is 865 g/mol. The molecule has 5 N–H and O–H groups in total. The molecule has 3 aliphatic heterocycles. The first-order valence-electron chi connectivity index (χ1n) is 21.2. The molecule has 0 saturated carbocycles. The molecule has 0 aliphatic carbocycles. The molecule has 0 amide bonds. The van der Waals surface area contributed by atoms with E-state index < -0.39 is 35.5 Å². The smallest absolute Gasteiger partial charge is 0.305 e. The van der Waals surface area contributed by atoms with Gasteiger partial charge in [-0.2, -0.15) is 0 Å². The number of aliphatic hydroxyl groups excluding tert-OH is 1. The Labute approximate surface area is 373 Å². The second-order valence-electron chi connectivity index (χ2n) is 16.3. The number of hydrogen-bond acceptors (Lipinski definition) is 14. The predicted octanol–water partition coefficient (Wildman–Crippen LogP) is 3.57. The highest BCUT2D eigenvalue weighted by atomic mass is 32.2. The number of aliphatic carboxylic acids is 1. The lowest BCUT2D eigenvalue weighted by Gasteiger charge is -2.36. The Bertz CT molecular complexity index is 2310. The van der Waals surface area contributed by atoms with Crippen molar-refractivity contribution in [3.63, 3.8) is 0 Å². The van der Waals surface area contributed by atoms with E-state index in [1.165, 1.54) is 11.1 Å². The molecule has 63 heavy (non-hydrogen) atoms. The van der Waals surface area contributed by atoms with Crippen molar-refractivity contribution in [2.75, 3.05) is 60.8 Å². The Morgan fingerprint density at radius 3 is 1.14 bits per heavy atom. The number of sulfone groups is 3. The monoisotopic (exact) mass is 926 g/mol. The number of nitrogens with one attached hydrogen (secondary N) is 3. The first-order chi connectivity index (χ1) is 29.9. The molecule has 5 unspecified atom stereocenters. The van der Waals surface area contributed by atoms with Crippen molar-refractivity contribution in [1.82, 2.24) is 31.3 Å². The molecule has 0 spiro atoms. The molecule has 15 nitrogen and oxygen atoms in total.